The van der Waals surface area contributed by atoms with Gasteiger partial charge in [-0.1, -0.05) is 18.2 Å². The predicted molar refractivity (Wildman–Crippen MR) is 106 cm³/mol. The van der Waals surface area contributed by atoms with Crippen LogP contribution in [0.4, 0.5) is 34.8 Å². The molecular weight excluding hydrogens is 416 g/mol. The monoisotopic (exact) mass is 428 g/mol. The maximum Gasteiger partial charge on any atom is 0.416 e. The molecule has 0 aliphatic heterocycles. The number of nitrogens with one attached hydrogen (secondary N) is 1. The first-order chi connectivity index (χ1) is 14.7. The van der Waals surface area contributed by atoms with Crippen molar-refractivity contribution in [3.8, 4) is 11.4 Å². The molecule has 4 rings (SSSR count). The van der Waals surface area contributed by atoms with E-state index in [2.05, 4.69) is 15.3 Å². The van der Waals surface area contributed by atoms with Crippen LogP contribution < -0.4 is 5.32 Å². The van der Waals surface area contributed by atoms with Crippen LogP contribution in [0.1, 0.15) is 5.56 Å². The van der Waals surface area contributed by atoms with Gasteiger partial charge in [0.25, 0.3) is 5.69 Å². The molecule has 31 heavy (non-hydrogen) atoms. The Labute approximate surface area is 172 Å². The van der Waals surface area contributed by atoms with E-state index in [0.29, 0.717) is 5.69 Å². The number of nitrogens with zero attached hydrogens (tertiary/aromatic N) is 3. The van der Waals surface area contributed by atoms with Crippen molar-refractivity contribution in [3.63, 3.8) is 0 Å². The summed E-state index contributed by atoms with van der Waals surface area (Å²) < 4.78 is 52.9. The van der Waals surface area contributed by atoms with Crippen LogP contribution in [0, 0.1) is 15.9 Å². The third kappa shape index (κ3) is 4.27. The van der Waals surface area contributed by atoms with Crippen LogP contribution in [0.2, 0.25) is 0 Å². The molecule has 0 aliphatic rings. The van der Waals surface area contributed by atoms with Gasteiger partial charge < -0.3 is 5.32 Å². The van der Waals surface area contributed by atoms with E-state index in [0.717, 1.165) is 12.1 Å². The van der Waals surface area contributed by atoms with Crippen molar-refractivity contribution < 1.29 is 22.5 Å². The van der Waals surface area contributed by atoms with E-state index in [9.17, 15) is 27.7 Å². The Morgan fingerprint density at radius 3 is 2.42 bits per heavy atom. The van der Waals surface area contributed by atoms with Crippen LogP contribution >= 0.6 is 0 Å². The maximum absolute atomic E-state index is 13.6. The number of anilines is 2. The quantitative estimate of drug-likeness (QED) is 0.241. The molecule has 0 saturated carbocycles. The van der Waals surface area contributed by atoms with Gasteiger partial charge in [-0.3, -0.25) is 10.1 Å². The Balaban J connectivity index is 1.90. The van der Waals surface area contributed by atoms with E-state index in [1.807, 2.05) is 0 Å². The summed E-state index contributed by atoms with van der Waals surface area (Å²) in [5, 5.41) is 14.3. The van der Waals surface area contributed by atoms with Crippen molar-refractivity contribution in [3.05, 3.63) is 88.2 Å². The second kappa shape index (κ2) is 7.63. The van der Waals surface area contributed by atoms with Crippen LogP contribution in [-0.4, -0.2) is 14.9 Å². The van der Waals surface area contributed by atoms with E-state index in [4.69, 9.17) is 0 Å². The lowest BCUT2D eigenvalue weighted by atomic mass is 10.1. The van der Waals surface area contributed by atoms with Gasteiger partial charge in [-0.15, -0.1) is 0 Å². The van der Waals surface area contributed by atoms with Gasteiger partial charge in [-0.25, -0.2) is 14.4 Å². The molecule has 0 spiro atoms. The Morgan fingerprint density at radius 2 is 1.71 bits per heavy atom. The first-order valence-corrected chi connectivity index (χ1v) is 8.87. The number of benzene rings is 3. The average molecular weight is 428 g/mol. The van der Waals surface area contributed by atoms with E-state index in [-0.39, 0.29) is 33.8 Å². The number of hydrogen-bond donors (Lipinski definition) is 1. The van der Waals surface area contributed by atoms with Crippen LogP contribution in [0.15, 0.2) is 66.7 Å². The standard InChI is InChI=1S/C21H12F4N4O2/c22-14-5-2-6-15(10-14)26-20-17-11-16(29(30)31)7-8-18(17)27-19(28-20)12-3-1-4-13(9-12)21(23,24)25/h1-11H,(H,26,27,28). The van der Waals surface area contributed by atoms with Crippen LogP contribution in [0.5, 0.6) is 0 Å². The van der Waals surface area contributed by atoms with Crippen molar-refractivity contribution in [2.75, 3.05) is 5.32 Å². The highest BCUT2D eigenvalue weighted by molar-refractivity contribution is 5.93. The fourth-order valence-corrected chi connectivity index (χ4v) is 2.99. The third-order valence-electron chi connectivity index (χ3n) is 4.43. The zero-order valence-corrected chi connectivity index (χ0v) is 15.5. The number of nitro benzene ring substituents is 1. The SMILES string of the molecule is O=[N+]([O-])c1ccc2nc(-c3cccc(C(F)(F)F)c3)nc(Nc3cccc(F)c3)c2c1. The number of halogens is 4. The van der Waals surface area contributed by atoms with Gasteiger partial charge in [-0.05, 0) is 36.4 Å². The molecule has 6 nitrogen and oxygen atoms in total. The molecule has 0 unspecified atom stereocenters. The molecule has 1 aromatic heterocycles. The normalized spacial score (nSPS) is 11.5. The Bertz CT molecular complexity index is 1310. The molecule has 0 amide bonds. The molecule has 0 bridgehead atoms. The zero-order chi connectivity index (χ0) is 22.2. The van der Waals surface area contributed by atoms with Crippen molar-refractivity contribution in [2.24, 2.45) is 0 Å². The topological polar surface area (TPSA) is 81.0 Å². The number of nitro groups is 1. The van der Waals surface area contributed by atoms with Crippen LogP contribution in [-0.2, 0) is 6.18 Å². The highest BCUT2D eigenvalue weighted by Gasteiger charge is 2.30. The summed E-state index contributed by atoms with van der Waals surface area (Å²) in [6, 6.07) is 13.8. The molecule has 10 heteroatoms. The number of non-ortho nitro benzene ring substituents is 1. The second-order valence-corrected chi connectivity index (χ2v) is 6.57. The van der Waals surface area contributed by atoms with Gasteiger partial charge in [-0.2, -0.15) is 13.2 Å². The first kappa shape index (κ1) is 20.2. The molecule has 156 valence electrons. The summed E-state index contributed by atoms with van der Waals surface area (Å²) >= 11 is 0. The Kier molecular flexibility index (Phi) is 4.97. The van der Waals surface area contributed by atoms with Gasteiger partial charge in [0.1, 0.15) is 11.6 Å². The van der Waals surface area contributed by atoms with Gasteiger partial charge >= 0.3 is 6.18 Å². The lowest BCUT2D eigenvalue weighted by Crippen LogP contribution is -2.05. The largest absolute Gasteiger partial charge is 0.416 e. The number of rotatable bonds is 4. The number of hydrogen-bond acceptors (Lipinski definition) is 5. The average Bonchev–Trinajstić information content (AvgIpc) is 2.73. The summed E-state index contributed by atoms with van der Waals surface area (Å²) in [5.74, 6) is -0.453. The van der Waals surface area contributed by atoms with Gasteiger partial charge in [0.15, 0.2) is 5.82 Å². The predicted octanol–water partition coefficient (Wildman–Crippen LogP) is 6.11. The lowest BCUT2D eigenvalue weighted by Gasteiger charge is -2.12. The fourth-order valence-electron chi connectivity index (χ4n) is 2.99. The minimum absolute atomic E-state index is 0.0219. The molecule has 0 atom stereocenters. The molecule has 0 fully saturated rings. The summed E-state index contributed by atoms with van der Waals surface area (Å²) in [6.07, 6.45) is -4.55. The van der Waals surface area contributed by atoms with Gasteiger partial charge in [0.2, 0.25) is 0 Å². The summed E-state index contributed by atoms with van der Waals surface area (Å²) in [4.78, 5) is 19.1. The molecule has 0 radical (unpaired) electrons. The Hall–Kier alpha value is -4.08. The zero-order valence-electron chi connectivity index (χ0n) is 15.5. The number of aromatic nitrogens is 2. The smallest absolute Gasteiger partial charge is 0.340 e. The van der Waals surface area contributed by atoms with Crippen molar-refractivity contribution in [1.82, 2.24) is 9.97 Å². The van der Waals surface area contributed by atoms with Gasteiger partial charge in [0, 0.05) is 28.8 Å². The molecular formula is C21H12F4N4O2. The minimum Gasteiger partial charge on any atom is -0.340 e. The number of alkyl halides is 3. The third-order valence-corrected chi connectivity index (χ3v) is 4.43. The van der Waals surface area contributed by atoms with Crippen LogP contribution in [0.3, 0.4) is 0 Å². The lowest BCUT2D eigenvalue weighted by molar-refractivity contribution is -0.384. The maximum atomic E-state index is 13.6. The molecule has 0 aliphatic carbocycles. The summed E-state index contributed by atoms with van der Waals surface area (Å²) in [7, 11) is 0. The van der Waals surface area contributed by atoms with E-state index < -0.39 is 22.5 Å². The Morgan fingerprint density at radius 1 is 0.935 bits per heavy atom. The fraction of sp³-hybridized carbons (Fsp3) is 0.0476. The molecule has 1 N–H and O–H groups in total. The summed E-state index contributed by atoms with van der Waals surface area (Å²) in [6.45, 7) is 0. The van der Waals surface area contributed by atoms with Crippen molar-refractivity contribution >= 4 is 28.1 Å². The van der Waals surface area contributed by atoms with Gasteiger partial charge in [0.05, 0.1) is 16.0 Å². The van der Waals surface area contributed by atoms with Crippen LogP contribution in [0.25, 0.3) is 22.3 Å². The number of fused-ring (bicyclic) bond motifs is 1. The second-order valence-electron chi connectivity index (χ2n) is 6.57. The summed E-state index contributed by atoms with van der Waals surface area (Å²) in [5.41, 5.74) is -0.395. The molecule has 3 aromatic carbocycles. The highest BCUT2D eigenvalue weighted by Crippen LogP contribution is 2.34. The van der Waals surface area contributed by atoms with E-state index in [1.54, 1.807) is 6.07 Å². The van der Waals surface area contributed by atoms with Crippen molar-refractivity contribution in [2.45, 2.75) is 6.18 Å². The highest BCUT2D eigenvalue weighted by atomic mass is 19.4. The van der Waals surface area contributed by atoms with Crippen molar-refractivity contribution in [1.29, 1.82) is 0 Å². The molecule has 0 saturated heterocycles. The first-order valence-electron chi connectivity index (χ1n) is 8.87. The van der Waals surface area contributed by atoms with E-state index in [1.165, 1.54) is 48.5 Å². The minimum atomic E-state index is -4.55. The molecule has 4 aromatic rings. The molecule has 1 heterocycles. The van der Waals surface area contributed by atoms with E-state index >= 15 is 0 Å².